The maximum atomic E-state index is 11.9. The smallest absolute Gasteiger partial charge is 0.241 e. The molecule has 1 fully saturated rings. The molecule has 0 unspecified atom stereocenters. The molecule has 1 saturated heterocycles. The largest absolute Gasteiger partial charge is 0.347 e. The Morgan fingerprint density at radius 1 is 1.39 bits per heavy atom. The highest BCUT2D eigenvalue weighted by Gasteiger charge is 2.21. The van der Waals surface area contributed by atoms with Crippen LogP contribution in [0, 0.1) is 6.92 Å². The van der Waals surface area contributed by atoms with Crippen LogP contribution in [0.15, 0.2) is 12.1 Å². The Hall–Kier alpha value is -1.62. The minimum atomic E-state index is 0.138. The SMILES string of the molecule is Cc1ccc(CN)c(N2CCCN(C)C(=O)C2)n1. The molecule has 18 heavy (non-hydrogen) atoms. The number of nitrogens with zero attached hydrogens (tertiary/aromatic N) is 3. The summed E-state index contributed by atoms with van der Waals surface area (Å²) in [4.78, 5) is 20.3. The Kier molecular flexibility index (Phi) is 3.81. The van der Waals surface area contributed by atoms with E-state index in [2.05, 4.69) is 4.98 Å². The van der Waals surface area contributed by atoms with Gasteiger partial charge in [-0.05, 0) is 19.4 Å². The quantitative estimate of drug-likeness (QED) is 0.828. The first-order valence-corrected chi connectivity index (χ1v) is 6.27. The van der Waals surface area contributed by atoms with Gasteiger partial charge in [0.2, 0.25) is 5.91 Å². The molecule has 0 radical (unpaired) electrons. The summed E-state index contributed by atoms with van der Waals surface area (Å²) < 4.78 is 0. The van der Waals surface area contributed by atoms with Crippen LogP contribution in [0.25, 0.3) is 0 Å². The standard InChI is InChI=1S/C13H20N4O/c1-10-4-5-11(8-14)13(15-10)17-7-3-6-16(2)12(18)9-17/h4-5H,3,6-9,14H2,1-2H3. The van der Waals surface area contributed by atoms with E-state index in [1.165, 1.54) is 0 Å². The van der Waals surface area contributed by atoms with Gasteiger partial charge in [0.15, 0.2) is 0 Å². The number of hydrogen-bond acceptors (Lipinski definition) is 4. The molecule has 0 atom stereocenters. The number of aryl methyl sites for hydroxylation is 1. The molecule has 2 heterocycles. The zero-order valence-electron chi connectivity index (χ0n) is 11.0. The summed E-state index contributed by atoms with van der Waals surface area (Å²) in [6.07, 6.45) is 0.960. The summed E-state index contributed by atoms with van der Waals surface area (Å²) in [6, 6.07) is 3.95. The van der Waals surface area contributed by atoms with Crippen LogP contribution in [0.5, 0.6) is 0 Å². The number of hydrogen-bond donors (Lipinski definition) is 1. The molecule has 98 valence electrons. The van der Waals surface area contributed by atoms with Gasteiger partial charge in [0.05, 0.1) is 6.54 Å². The van der Waals surface area contributed by atoms with Crippen molar-refractivity contribution in [1.29, 1.82) is 0 Å². The van der Waals surface area contributed by atoms with E-state index in [1.807, 2.05) is 31.0 Å². The van der Waals surface area contributed by atoms with Crippen molar-refractivity contribution in [2.45, 2.75) is 19.9 Å². The van der Waals surface area contributed by atoms with Gasteiger partial charge in [0.1, 0.15) is 5.82 Å². The predicted molar refractivity (Wildman–Crippen MR) is 71.3 cm³/mol. The van der Waals surface area contributed by atoms with Crippen LogP contribution in [0.1, 0.15) is 17.7 Å². The van der Waals surface area contributed by atoms with Crippen molar-refractivity contribution < 1.29 is 4.79 Å². The monoisotopic (exact) mass is 248 g/mol. The zero-order valence-corrected chi connectivity index (χ0v) is 11.0. The number of carbonyl (C=O) groups is 1. The molecular formula is C13H20N4O. The van der Waals surface area contributed by atoms with Crippen molar-refractivity contribution in [3.63, 3.8) is 0 Å². The first-order valence-electron chi connectivity index (χ1n) is 6.27. The second-order valence-corrected chi connectivity index (χ2v) is 4.73. The molecule has 0 spiro atoms. The van der Waals surface area contributed by atoms with Gasteiger partial charge in [-0.15, -0.1) is 0 Å². The molecule has 0 aromatic carbocycles. The van der Waals surface area contributed by atoms with E-state index in [9.17, 15) is 4.79 Å². The van der Waals surface area contributed by atoms with E-state index in [4.69, 9.17) is 5.73 Å². The Balaban J connectivity index is 2.29. The number of pyridine rings is 1. The number of rotatable bonds is 2. The lowest BCUT2D eigenvalue weighted by Gasteiger charge is -2.23. The fourth-order valence-corrected chi connectivity index (χ4v) is 2.17. The third-order valence-corrected chi connectivity index (χ3v) is 3.29. The maximum absolute atomic E-state index is 11.9. The van der Waals surface area contributed by atoms with E-state index in [-0.39, 0.29) is 5.91 Å². The third kappa shape index (κ3) is 2.61. The normalized spacial score (nSPS) is 16.9. The molecule has 0 bridgehead atoms. The summed E-state index contributed by atoms with van der Waals surface area (Å²) in [7, 11) is 1.85. The second kappa shape index (κ2) is 5.35. The van der Waals surface area contributed by atoms with Gasteiger partial charge in [0, 0.05) is 37.9 Å². The number of likely N-dealkylation sites (N-methyl/N-ethyl adjacent to an activating group) is 1. The maximum Gasteiger partial charge on any atom is 0.241 e. The lowest BCUT2D eigenvalue weighted by molar-refractivity contribution is -0.127. The lowest BCUT2D eigenvalue weighted by Crippen LogP contribution is -2.35. The molecule has 2 N–H and O–H groups in total. The van der Waals surface area contributed by atoms with Crippen LogP contribution < -0.4 is 10.6 Å². The van der Waals surface area contributed by atoms with Gasteiger partial charge < -0.3 is 15.5 Å². The summed E-state index contributed by atoms with van der Waals surface area (Å²) >= 11 is 0. The first kappa shape index (κ1) is 12.8. The van der Waals surface area contributed by atoms with Crippen molar-refractivity contribution in [2.75, 3.05) is 31.6 Å². The Morgan fingerprint density at radius 2 is 2.17 bits per heavy atom. The van der Waals surface area contributed by atoms with Crippen molar-refractivity contribution in [3.8, 4) is 0 Å². The fourth-order valence-electron chi connectivity index (χ4n) is 2.17. The number of carbonyl (C=O) groups excluding carboxylic acids is 1. The molecule has 2 rings (SSSR count). The summed E-state index contributed by atoms with van der Waals surface area (Å²) in [5.74, 6) is 1.000. The van der Waals surface area contributed by atoms with Crippen molar-refractivity contribution in [2.24, 2.45) is 5.73 Å². The minimum Gasteiger partial charge on any atom is -0.347 e. The van der Waals surface area contributed by atoms with E-state index in [0.29, 0.717) is 13.1 Å². The molecule has 5 nitrogen and oxygen atoms in total. The van der Waals surface area contributed by atoms with Gasteiger partial charge in [-0.1, -0.05) is 6.07 Å². The molecule has 1 amide bonds. The molecule has 1 aliphatic rings. The fraction of sp³-hybridized carbons (Fsp3) is 0.538. The van der Waals surface area contributed by atoms with Crippen molar-refractivity contribution in [3.05, 3.63) is 23.4 Å². The minimum absolute atomic E-state index is 0.138. The summed E-state index contributed by atoms with van der Waals surface area (Å²) in [5, 5.41) is 0. The van der Waals surface area contributed by atoms with E-state index >= 15 is 0 Å². The average molecular weight is 248 g/mol. The van der Waals surface area contributed by atoms with Crippen LogP contribution >= 0.6 is 0 Å². The van der Waals surface area contributed by atoms with Crippen molar-refractivity contribution >= 4 is 11.7 Å². The summed E-state index contributed by atoms with van der Waals surface area (Å²) in [5.41, 5.74) is 7.70. The average Bonchev–Trinajstić information content (AvgIpc) is 2.52. The predicted octanol–water partition coefficient (Wildman–Crippen LogP) is 0.517. The third-order valence-electron chi connectivity index (χ3n) is 3.29. The van der Waals surface area contributed by atoms with Gasteiger partial charge in [-0.3, -0.25) is 4.79 Å². The van der Waals surface area contributed by atoms with Crippen LogP contribution in [-0.4, -0.2) is 42.5 Å². The highest BCUT2D eigenvalue weighted by atomic mass is 16.2. The van der Waals surface area contributed by atoms with Gasteiger partial charge in [0.25, 0.3) is 0 Å². The second-order valence-electron chi connectivity index (χ2n) is 4.73. The number of nitrogens with two attached hydrogens (primary N) is 1. The van der Waals surface area contributed by atoms with Gasteiger partial charge in [-0.25, -0.2) is 4.98 Å². The van der Waals surface area contributed by atoms with E-state index < -0.39 is 0 Å². The molecule has 1 aromatic heterocycles. The number of anilines is 1. The highest BCUT2D eigenvalue weighted by Crippen LogP contribution is 2.20. The Bertz CT molecular complexity index is 447. The Labute approximate surface area is 108 Å². The summed E-state index contributed by atoms with van der Waals surface area (Å²) in [6.45, 7) is 4.44. The highest BCUT2D eigenvalue weighted by molar-refractivity contribution is 5.81. The zero-order chi connectivity index (χ0) is 13.1. The van der Waals surface area contributed by atoms with Crippen LogP contribution in [0.2, 0.25) is 0 Å². The lowest BCUT2D eigenvalue weighted by atomic mass is 10.2. The molecule has 1 aromatic rings. The van der Waals surface area contributed by atoms with Crippen LogP contribution in [-0.2, 0) is 11.3 Å². The van der Waals surface area contributed by atoms with Crippen molar-refractivity contribution in [1.82, 2.24) is 9.88 Å². The molecule has 5 heteroatoms. The number of amides is 1. The van der Waals surface area contributed by atoms with Gasteiger partial charge >= 0.3 is 0 Å². The van der Waals surface area contributed by atoms with Crippen LogP contribution in [0.4, 0.5) is 5.82 Å². The van der Waals surface area contributed by atoms with Gasteiger partial charge in [-0.2, -0.15) is 0 Å². The molecule has 0 aliphatic carbocycles. The number of aromatic nitrogens is 1. The Morgan fingerprint density at radius 3 is 2.89 bits per heavy atom. The molecule has 0 saturated carbocycles. The van der Waals surface area contributed by atoms with E-state index in [1.54, 1.807) is 4.90 Å². The first-order chi connectivity index (χ1) is 8.61. The molecular weight excluding hydrogens is 228 g/mol. The van der Waals surface area contributed by atoms with Crippen LogP contribution in [0.3, 0.4) is 0 Å². The topological polar surface area (TPSA) is 62.5 Å². The molecule has 1 aliphatic heterocycles. The van der Waals surface area contributed by atoms with E-state index in [0.717, 1.165) is 36.6 Å².